The summed E-state index contributed by atoms with van der Waals surface area (Å²) in [5, 5.41) is 2.77. The minimum Gasteiger partial charge on any atom is -0.369 e. The molecule has 9 heteroatoms. The van der Waals surface area contributed by atoms with Crippen LogP contribution in [0.1, 0.15) is 5.69 Å². The van der Waals surface area contributed by atoms with Crippen molar-refractivity contribution in [2.24, 2.45) is 5.84 Å². The average molecular weight is 264 g/mol. The first-order chi connectivity index (χ1) is 8.32. The molecule has 0 saturated heterocycles. The quantitative estimate of drug-likeness (QED) is 0.538. The van der Waals surface area contributed by atoms with Gasteiger partial charge in [0, 0.05) is 19.2 Å². The van der Waals surface area contributed by atoms with Gasteiger partial charge in [0.05, 0.1) is 0 Å². The average Bonchev–Trinajstić information content (AvgIpc) is 2.27. The van der Waals surface area contributed by atoms with E-state index in [1.807, 2.05) is 24.4 Å². The third-order valence-electron chi connectivity index (χ3n) is 2.01. The molecule has 0 fully saturated rings. The second-order valence-electron chi connectivity index (χ2n) is 3.83. The Bertz CT molecular complexity index is 392. The van der Waals surface area contributed by atoms with Gasteiger partial charge in [0.2, 0.25) is 5.95 Å². The number of hydrogen-bond donors (Lipinski definition) is 3. The molecule has 1 aromatic rings. The van der Waals surface area contributed by atoms with Crippen LogP contribution in [0, 0.1) is 0 Å². The van der Waals surface area contributed by atoms with E-state index in [4.69, 9.17) is 5.84 Å². The molecule has 102 valence electrons. The van der Waals surface area contributed by atoms with Crippen LogP contribution < -0.4 is 16.6 Å². The Labute approximate surface area is 102 Å². The summed E-state index contributed by atoms with van der Waals surface area (Å²) in [6.45, 7) is 1.13. The molecule has 0 aromatic carbocycles. The summed E-state index contributed by atoms with van der Waals surface area (Å²) >= 11 is 0. The van der Waals surface area contributed by atoms with Gasteiger partial charge in [-0.15, -0.1) is 0 Å². The lowest BCUT2D eigenvalue weighted by Crippen LogP contribution is -2.22. The fraction of sp³-hybridized carbons (Fsp3) is 0.556. The van der Waals surface area contributed by atoms with E-state index >= 15 is 0 Å². The van der Waals surface area contributed by atoms with Crippen molar-refractivity contribution in [1.82, 2.24) is 14.9 Å². The molecule has 0 bridgehead atoms. The molecule has 0 unspecified atom stereocenters. The van der Waals surface area contributed by atoms with Gasteiger partial charge in [-0.2, -0.15) is 18.2 Å². The predicted octanol–water partition coefficient (Wildman–Crippen LogP) is 0.754. The monoisotopic (exact) mass is 264 g/mol. The van der Waals surface area contributed by atoms with Crippen LogP contribution >= 0.6 is 0 Å². The molecule has 0 atom stereocenters. The third-order valence-corrected chi connectivity index (χ3v) is 2.01. The van der Waals surface area contributed by atoms with Gasteiger partial charge in [-0.3, -0.25) is 5.43 Å². The molecule has 0 aliphatic heterocycles. The van der Waals surface area contributed by atoms with Crippen molar-refractivity contribution in [1.29, 1.82) is 0 Å². The van der Waals surface area contributed by atoms with Crippen molar-refractivity contribution < 1.29 is 13.2 Å². The Morgan fingerprint density at radius 1 is 1.33 bits per heavy atom. The molecule has 0 saturated carbocycles. The van der Waals surface area contributed by atoms with Crippen LogP contribution in [0.15, 0.2) is 6.07 Å². The summed E-state index contributed by atoms with van der Waals surface area (Å²) in [6.07, 6.45) is -4.54. The van der Waals surface area contributed by atoms with Crippen LogP contribution in [-0.2, 0) is 6.18 Å². The fourth-order valence-corrected chi connectivity index (χ4v) is 1.16. The Hall–Kier alpha value is -1.61. The van der Waals surface area contributed by atoms with Crippen molar-refractivity contribution in [3.05, 3.63) is 11.8 Å². The number of nitrogens with one attached hydrogen (secondary N) is 2. The van der Waals surface area contributed by atoms with Gasteiger partial charge >= 0.3 is 6.18 Å². The number of likely N-dealkylation sites (N-methyl/N-ethyl adjacent to an activating group) is 1. The van der Waals surface area contributed by atoms with Gasteiger partial charge in [-0.1, -0.05) is 0 Å². The minimum atomic E-state index is -4.54. The van der Waals surface area contributed by atoms with Crippen molar-refractivity contribution >= 4 is 11.8 Å². The van der Waals surface area contributed by atoms with Gasteiger partial charge in [-0.25, -0.2) is 10.8 Å². The van der Waals surface area contributed by atoms with E-state index in [9.17, 15) is 13.2 Å². The van der Waals surface area contributed by atoms with Crippen LogP contribution in [0.2, 0.25) is 0 Å². The first-order valence-electron chi connectivity index (χ1n) is 5.14. The highest BCUT2D eigenvalue weighted by molar-refractivity contribution is 5.42. The molecule has 1 heterocycles. The first kappa shape index (κ1) is 14.5. The molecule has 0 aliphatic rings. The summed E-state index contributed by atoms with van der Waals surface area (Å²) in [7, 11) is 3.71. The topological polar surface area (TPSA) is 79.1 Å². The predicted molar refractivity (Wildman–Crippen MR) is 61.9 cm³/mol. The van der Waals surface area contributed by atoms with Crippen molar-refractivity contribution in [2.75, 3.05) is 37.9 Å². The number of halogens is 3. The second kappa shape index (κ2) is 5.83. The molecular formula is C9H15F3N6. The third kappa shape index (κ3) is 4.34. The van der Waals surface area contributed by atoms with Gasteiger partial charge < -0.3 is 10.2 Å². The minimum absolute atomic E-state index is 0.0760. The van der Waals surface area contributed by atoms with E-state index in [0.29, 0.717) is 13.1 Å². The van der Waals surface area contributed by atoms with E-state index in [-0.39, 0.29) is 11.8 Å². The Morgan fingerprint density at radius 2 is 2.00 bits per heavy atom. The number of hydrogen-bond acceptors (Lipinski definition) is 6. The number of nitrogen functional groups attached to an aromatic ring is 1. The second-order valence-corrected chi connectivity index (χ2v) is 3.83. The van der Waals surface area contributed by atoms with Crippen molar-refractivity contribution in [3.63, 3.8) is 0 Å². The Balaban J connectivity index is 2.84. The molecule has 6 nitrogen and oxygen atoms in total. The van der Waals surface area contributed by atoms with Crippen LogP contribution in [0.4, 0.5) is 24.9 Å². The summed E-state index contributed by atoms with van der Waals surface area (Å²) in [5.74, 6) is 4.83. The zero-order chi connectivity index (χ0) is 13.8. The van der Waals surface area contributed by atoms with E-state index in [0.717, 1.165) is 6.07 Å². The number of hydrazine groups is 1. The molecule has 0 aliphatic carbocycles. The molecule has 0 amide bonds. The molecule has 0 radical (unpaired) electrons. The van der Waals surface area contributed by atoms with Gasteiger partial charge in [0.15, 0.2) is 5.69 Å². The first-order valence-corrected chi connectivity index (χ1v) is 5.14. The lowest BCUT2D eigenvalue weighted by molar-refractivity contribution is -0.141. The molecule has 18 heavy (non-hydrogen) atoms. The number of nitrogens with two attached hydrogens (primary N) is 1. The maximum absolute atomic E-state index is 12.5. The molecule has 4 N–H and O–H groups in total. The SMILES string of the molecule is CN(C)CCNc1cc(C(F)(F)F)nc(NN)n1. The Morgan fingerprint density at radius 3 is 2.50 bits per heavy atom. The van der Waals surface area contributed by atoms with Crippen LogP contribution in [-0.4, -0.2) is 42.1 Å². The molecule has 1 aromatic heterocycles. The van der Waals surface area contributed by atoms with Crippen LogP contribution in [0.25, 0.3) is 0 Å². The fourth-order valence-electron chi connectivity index (χ4n) is 1.16. The highest BCUT2D eigenvalue weighted by atomic mass is 19.4. The highest BCUT2D eigenvalue weighted by Gasteiger charge is 2.33. The summed E-state index contributed by atoms with van der Waals surface area (Å²) < 4.78 is 37.6. The number of nitrogens with zero attached hydrogens (tertiary/aromatic N) is 3. The van der Waals surface area contributed by atoms with E-state index in [1.54, 1.807) is 0 Å². The van der Waals surface area contributed by atoms with E-state index in [1.165, 1.54) is 0 Å². The van der Waals surface area contributed by atoms with Gasteiger partial charge in [-0.05, 0) is 14.1 Å². The number of rotatable bonds is 5. The maximum atomic E-state index is 12.5. The summed E-state index contributed by atoms with van der Waals surface area (Å²) in [6, 6.07) is 0.844. The van der Waals surface area contributed by atoms with Crippen LogP contribution in [0.3, 0.4) is 0 Å². The largest absolute Gasteiger partial charge is 0.433 e. The van der Waals surface area contributed by atoms with Crippen LogP contribution in [0.5, 0.6) is 0 Å². The zero-order valence-corrected chi connectivity index (χ0v) is 10.0. The number of alkyl halides is 3. The molecule has 1 rings (SSSR count). The lowest BCUT2D eigenvalue weighted by atomic mass is 10.3. The summed E-state index contributed by atoms with van der Waals surface area (Å²) in [5.41, 5.74) is 0.963. The Kier molecular flexibility index (Phi) is 4.68. The normalized spacial score (nSPS) is 11.7. The summed E-state index contributed by atoms with van der Waals surface area (Å²) in [4.78, 5) is 8.92. The van der Waals surface area contributed by atoms with Crippen molar-refractivity contribution in [2.45, 2.75) is 6.18 Å². The number of aromatic nitrogens is 2. The molecular weight excluding hydrogens is 249 g/mol. The zero-order valence-electron chi connectivity index (χ0n) is 10.0. The lowest BCUT2D eigenvalue weighted by Gasteiger charge is -2.13. The van der Waals surface area contributed by atoms with E-state index in [2.05, 4.69) is 15.3 Å². The van der Waals surface area contributed by atoms with E-state index < -0.39 is 11.9 Å². The van der Waals surface area contributed by atoms with Gasteiger partial charge in [0.25, 0.3) is 0 Å². The maximum Gasteiger partial charge on any atom is 0.433 e. The van der Waals surface area contributed by atoms with Crippen molar-refractivity contribution in [3.8, 4) is 0 Å². The highest BCUT2D eigenvalue weighted by Crippen LogP contribution is 2.29. The number of anilines is 2. The standard InChI is InChI=1S/C9H15F3N6/c1-18(2)4-3-14-7-5-6(9(10,11)12)15-8(16-7)17-13/h5H,3-4,13H2,1-2H3,(H2,14,15,16,17). The smallest absolute Gasteiger partial charge is 0.369 e. The molecule has 0 spiro atoms. The van der Waals surface area contributed by atoms with Gasteiger partial charge in [0.1, 0.15) is 5.82 Å².